The van der Waals surface area contributed by atoms with E-state index in [1.807, 2.05) is 0 Å². The van der Waals surface area contributed by atoms with E-state index in [4.69, 9.17) is 10.6 Å². The second-order valence-electron chi connectivity index (χ2n) is 3.85. The van der Waals surface area contributed by atoms with Crippen molar-refractivity contribution in [1.82, 2.24) is 15.1 Å². The van der Waals surface area contributed by atoms with Gasteiger partial charge in [-0.1, -0.05) is 0 Å². The largest absolute Gasteiger partial charge is 0.380 e. The molecule has 1 amide bonds. The number of nitrogen functional groups attached to an aromatic ring is 1. The molecule has 1 unspecified atom stereocenters. The molecule has 7 nitrogen and oxygen atoms in total. The average molecular weight is 237 g/mol. The first-order chi connectivity index (χ1) is 8.24. The predicted molar refractivity (Wildman–Crippen MR) is 61.2 cm³/mol. The molecule has 1 aliphatic rings. The highest BCUT2D eigenvalue weighted by molar-refractivity contribution is 5.92. The van der Waals surface area contributed by atoms with Gasteiger partial charge in [-0.2, -0.15) is 0 Å². The van der Waals surface area contributed by atoms with Crippen LogP contribution < -0.4 is 11.3 Å². The van der Waals surface area contributed by atoms with Gasteiger partial charge in [0.2, 0.25) is 0 Å². The Bertz CT molecular complexity index is 394. The Morgan fingerprint density at radius 3 is 2.94 bits per heavy atom. The number of likely N-dealkylation sites (tertiary alicyclic amines) is 1. The summed E-state index contributed by atoms with van der Waals surface area (Å²) in [6, 6.07) is 3.22. The normalized spacial score (nSPS) is 19.4. The number of hydrazine groups is 1. The number of rotatable bonds is 3. The third-order valence-corrected chi connectivity index (χ3v) is 2.80. The lowest BCUT2D eigenvalue weighted by atomic mass is 10.3. The van der Waals surface area contributed by atoms with Crippen LogP contribution in [0.4, 0.5) is 5.82 Å². The molecule has 1 fully saturated rings. The van der Waals surface area contributed by atoms with Crippen LogP contribution in [0.1, 0.15) is 16.9 Å². The highest BCUT2D eigenvalue weighted by Crippen LogP contribution is 2.14. The SMILES string of the molecule is COC1CCN(C(=O)c2ccc(NN)nn2)C1. The number of anilines is 1. The monoisotopic (exact) mass is 237 g/mol. The van der Waals surface area contributed by atoms with Crippen LogP contribution in [-0.2, 0) is 4.74 Å². The van der Waals surface area contributed by atoms with Crippen molar-refractivity contribution >= 4 is 11.7 Å². The zero-order valence-electron chi connectivity index (χ0n) is 9.59. The molecule has 1 saturated heterocycles. The molecule has 1 aromatic heterocycles. The van der Waals surface area contributed by atoms with Crippen molar-refractivity contribution in [2.45, 2.75) is 12.5 Å². The third kappa shape index (κ3) is 2.51. The lowest BCUT2D eigenvalue weighted by Crippen LogP contribution is -2.30. The van der Waals surface area contributed by atoms with Crippen molar-refractivity contribution in [3.8, 4) is 0 Å². The van der Waals surface area contributed by atoms with Crippen molar-refractivity contribution in [1.29, 1.82) is 0 Å². The lowest BCUT2D eigenvalue weighted by Gasteiger charge is -2.15. The molecular weight excluding hydrogens is 222 g/mol. The maximum atomic E-state index is 12.0. The summed E-state index contributed by atoms with van der Waals surface area (Å²) in [5, 5.41) is 7.58. The van der Waals surface area contributed by atoms with E-state index < -0.39 is 0 Å². The molecule has 1 aromatic rings. The number of carbonyl (C=O) groups is 1. The van der Waals surface area contributed by atoms with Gasteiger partial charge in [-0.25, -0.2) is 5.84 Å². The predicted octanol–water partition coefficient (Wildman–Crippen LogP) is -0.377. The number of methoxy groups -OCH3 is 1. The van der Waals surface area contributed by atoms with E-state index in [9.17, 15) is 4.79 Å². The average Bonchev–Trinajstić information content (AvgIpc) is 2.87. The van der Waals surface area contributed by atoms with E-state index in [0.717, 1.165) is 6.42 Å². The summed E-state index contributed by atoms with van der Waals surface area (Å²) in [7, 11) is 1.65. The van der Waals surface area contributed by atoms with Crippen LogP contribution in [0, 0.1) is 0 Å². The quantitative estimate of drug-likeness (QED) is 0.550. The van der Waals surface area contributed by atoms with Gasteiger partial charge in [-0.3, -0.25) is 4.79 Å². The van der Waals surface area contributed by atoms with E-state index >= 15 is 0 Å². The minimum Gasteiger partial charge on any atom is -0.380 e. The first-order valence-corrected chi connectivity index (χ1v) is 5.37. The number of nitrogens with two attached hydrogens (primary N) is 1. The van der Waals surface area contributed by atoms with Gasteiger partial charge in [0, 0.05) is 20.2 Å². The molecule has 0 radical (unpaired) electrons. The fourth-order valence-corrected chi connectivity index (χ4v) is 1.79. The van der Waals surface area contributed by atoms with Crippen molar-refractivity contribution in [3.05, 3.63) is 17.8 Å². The number of ether oxygens (including phenoxy) is 1. The van der Waals surface area contributed by atoms with Gasteiger partial charge in [0.25, 0.3) is 5.91 Å². The Labute approximate surface area is 98.9 Å². The fraction of sp³-hybridized carbons (Fsp3) is 0.500. The minimum absolute atomic E-state index is 0.122. The molecule has 3 N–H and O–H groups in total. The summed E-state index contributed by atoms with van der Waals surface area (Å²) >= 11 is 0. The van der Waals surface area contributed by atoms with Crippen molar-refractivity contribution in [2.75, 3.05) is 25.6 Å². The van der Waals surface area contributed by atoms with Crippen LogP contribution >= 0.6 is 0 Å². The van der Waals surface area contributed by atoms with Gasteiger partial charge in [0.1, 0.15) is 0 Å². The molecule has 0 saturated carbocycles. The van der Waals surface area contributed by atoms with E-state index in [0.29, 0.717) is 24.6 Å². The molecule has 2 heterocycles. The Balaban J connectivity index is 2.04. The van der Waals surface area contributed by atoms with Crippen LogP contribution in [0.5, 0.6) is 0 Å². The van der Waals surface area contributed by atoms with Gasteiger partial charge >= 0.3 is 0 Å². The number of amides is 1. The molecule has 92 valence electrons. The standard InChI is InChI=1S/C10H15N5O2/c1-17-7-4-5-15(6-7)10(16)8-2-3-9(12-11)14-13-8/h2-3,7H,4-6,11H2,1H3,(H,12,14). The molecule has 17 heavy (non-hydrogen) atoms. The Morgan fingerprint density at radius 1 is 1.59 bits per heavy atom. The van der Waals surface area contributed by atoms with E-state index in [1.165, 1.54) is 0 Å². The third-order valence-electron chi connectivity index (χ3n) is 2.80. The van der Waals surface area contributed by atoms with Crippen LogP contribution in [-0.4, -0.2) is 47.3 Å². The number of hydrogen-bond acceptors (Lipinski definition) is 6. The molecule has 7 heteroatoms. The highest BCUT2D eigenvalue weighted by atomic mass is 16.5. The Kier molecular flexibility index (Phi) is 3.50. The Morgan fingerprint density at radius 2 is 2.41 bits per heavy atom. The van der Waals surface area contributed by atoms with Gasteiger partial charge in [0.15, 0.2) is 11.5 Å². The van der Waals surface area contributed by atoms with E-state index in [1.54, 1.807) is 24.1 Å². The molecule has 2 rings (SSSR count). The first kappa shape index (κ1) is 11.7. The summed E-state index contributed by atoms with van der Waals surface area (Å²) in [4.78, 5) is 13.7. The molecule has 0 aromatic carbocycles. The maximum Gasteiger partial charge on any atom is 0.274 e. The zero-order chi connectivity index (χ0) is 12.3. The second kappa shape index (κ2) is 5.07. The van der Waals surface area contributed by atoms with Crippen LogP contribution in [0.15, 0.2) is 12.1 Å². The maximum absolute atomic E-state index is 12.0. The topological polar surface area (TPSA) is 93.4 Å². The Hall–Kier alpha value is -1.73. The zero-order valence-corrected chi connectivity index (χ0v) is 9.59. The number of nitrogens with one attached hydrogen (secondary N) is 1. The molecule has 1 atom stereocenters. The highest BCUT2D eigenvalue weighted by Gasteiger charge is 2.27. The fourth-order valence-electron chi connectivity index (χ4n) is 1.79. The summed E-state index contributed by atoms with van der Waals surface area (Å²) in [5.41, 5.74) is 2.68. The molecule has 0 aliphatic carbocycles. The lowest BCUT2D eigenvalue weighted by molar-refractivity contribution is 0.0718. The molecule has 0 bridgehead atoms. The van der Waals surface area contributed by atoms with Crippen molar-refractivity contribution in [2.24, 2.45) is 5.84 Å². The second-order valence-corrected chi connectivity index (χ2v) is 3.85. The summed E-state index contributed by atoms with van der Waals surface area (Å²) < 4.78 is 5.21. The van der Waals surface area contributed by atoms with Crippen molar-refractivity contribution < 1.29 is 9.53 Å². The smallest absolute Gasteiger partial charge is 0.274 e. The van der Waals surface area contributed by atoms with Gasteiger partial charge in [0.05, 0.1) is 6.10 Å². The number of carbonyl (C=O) groups excluding carboxylic acids is 1. The van der Waals surface area contributed by atoms with Crippen LogP contribution in [0.2, 0.25) is 0 Å². The van der Waals surface area contributed by atoms with Gasteiger partial charge in [-0.05, 0) is 18.6 Å². The number of aromatic nitrogens is 2. The number of nitrogens with zero attached hydrogens (tertiary/aromatic N) is 3. The summed E-state index contributed by atoms with van der Waals surface area (Å²) in [5.74, 6) is 5.47. The molecular formula is C10H15N5O2. The van der Waals surface area contributed by atoms with Crippen LogP contribution in [0.25, 0.3) is 0 Å². The van der Waals surface area contributed by atoms with Gasteiger partial charge in [-0.15, -0.1) is 10.2 Å². The number of hydrogen-bond donors (Lipinski definition) is 2. The minimum atomic E-state index is -0.124. The van der Waals surface area contributed by atoms with E-state index in [2.05, 4.69) is 15.6 Å². The van der Waals surface area contributed by atoms with Crippen LogP contribution in [0.3, 0.4) is 0 Å². The molecule has 0 spiro atoms. The summed E-state index contributed by atoms with van der Waals surface area (Å²) in [6.45, 7) is 1.30. The van der Waals surface area contributed by atoms with Gasteiger partial charge < -0.3 is 15.1 Å². The van der Waals surface area contributed by atoms with Crippen molar-refractivity contribution in [3.63, 3.8) is 0 Å². The van der Waals surface area contributed by atoms with E-state index in [-0.39, 0.29) is 12.0 Å². The molecule has 1 aliphatic heterocycles. The summed E-state index contributed by atoms with van der Waals surface area (Å²) in [6.07, 6.45) is 0.981. The first-order valence-electron chi connectivity index (χ1n) is 5.37.